The SMILES string of the molecule is CC(=O)NC1C(O)OC(CO)[C@H](F)[C@@H]1O. The van der Waals surface area contributed by atoms with Crippen LogP contribution in [0.15, 0.2) is 0 Å². The van der Waals surface area contributed by atoms with Gasteiger partial charge in [0.25, 0.3) is 0 Å². The smallest absolute Gasteiger partial charge is 0.217 e. The zero-order chi connectivity index (χ0) is 11.6. The van der Waals surface area contributed by atoms with Gasteiger partial charge in [-0.3, -0.25) is 4.79 Å². The van der Waals surface area contributed by atoms with Crippen LogP contribution in [0.4, 0.5) is 4.39 Å². The molecule has 0 bridgehead atoms. The first kappa shape index (κ1) is 12.3. The van der Waals surface area contributed by atoms with Crippen LogP contribution in [0.2, 0.25) is 0 Å². The van der Waals surface area contributed by atoms with Crippen LogP contribution in [0.1, 0.15) is 6.92 Å². The summed E-state index contributed by atoms with van der Waals surface area (Å²) in [6.45, 7) is 0.521. The third-order valence-corrected chi connectivity index (χ3v) is 2.22. The van der Waals surface area contributed by atoms with Gasteiger partial charge in [0.1, 0.15) is 18.2 Å². The van der Waals surface area contributed by atoms with Crippen LogP contribution in [0.3, 0.4) is 0 Å². The fraction of sp³-hybridized carbons (Fsp3) is 0.875. The van der Waals surface area contributed by atoms with Gasteiger partial charge in [-0.25, -0.2) is 4.39 Å². The Hall–Kier alpha value is -0.760. The molecule has 0 aromatic heterocycles. The molecule has 0 saturated carbocycles. The average Bonchev–Trinajstić information content (AvgIpc) is 2.18. The van der Waals surface area contributed by atoms with Gasteiger partial charge >= 0.3 is 0 Å². The number of halogens is 1. The summed E-state index contributed by atoms with van der Waals surface area (Å²) in [5.41, 5.74) is 0. The largest absolute Gasteiger partial charge is 0.394 e. The third-order valence-electron chi connectivity index (χ3n) is 2.22. The molecule has 1 saturated heterocycles. The fourth-order valence-corrected chi connectivity index (χ4v) is 1.46. The molecule has 1 aliphatic heterocycles. The molecule has 0 radical (unpaired) electrons. The normalized spacial score (nSPS) is 41.3. The highest BCUT2D eigenvalue weighted by molar-refractivity contribution is 5.73. The average molecular weight is 223 g/mol. The quantitative estimate of drug-likeness (QED) is 0.430. The number of rotatable bonds is 2. The Morgan fingerprint density at radius 1 is 1.53 bits per heavy atom. The maximum Gasteiger partial charge on any atom is 0.217 e. The van der Waals surface area contributed by atoms with Gasteiger partial charge in [0.2, 0.25) is 5.91 Å². The number of amides is 1. The predicted molar refractivity (Wildman–Crippen MR) is 46.5 cm³/mol. The first-order chi connectivity index (χ1) is 6.97. The van der Waals surface area contributed by atoms with E-state index in [-0.39, 0.29) is 0 Å². The second-order valence-electron chi connectivity index (χ2n) is 3.41. The van der Waals surface area contributed by atoms with Gasteiger partial charge in [-0.2, -0.15) is 0 Å². The molecule has 1 fully saturated rings. The summed E-state index contributed by atoms with van der Waals surface area (Å²) >= 11 is 0. The first-order valence-corrected chi connectivity index (χ1v) is 4.51. The van der Waals surface area contributed by atoms with Crippen LogP contribution >= 0.6 is 0 Å². The highest BCUT2D eigenvalue weighted by Gasteiger charge is 2.45. The molecule has 88 valence electrons. The summed E-state index contributed by atoms with van der Waals surface area (Å²) in [5.74, 6) is -0.517. The Morgan fingerprint density at radius 2 is 2.13 bits per heavy atom. The lowest BCUT2D eigenvalue weighted by atomic mass is 9.98. The van der Waals surface area contributed by atoms with Crippen molar-refractivity contribution < 1.29 is 29.2 Å². The molecule has 1 amide bonds. The van der Waals surface area contributed by atoms with E-state index in [0.717, 1.165) is 0 Å². The number of carbonyl (C=O) groups excluding carboxylic acids is 1. The molecule has 5 atom stereocenters. The summed E-state index contributed by atoms with van der Waals surface area (Å²) in [6.07, 6.45) is -6.27. The van der Waals surface area contributed by atoms with Gasteiger partial charge in [0, 0.05) is 6.92 Å². The van der Waals surface area contributed by atoms with Crippen LogP contribution in [0, 0.1) is 0 Å². The molecule has 7 heteroatoms. The zero-order valence-corrected chi connectivity index (χ0v) is 8.13. The van der Waals surface area contributed by atoms with Crippen LogP contribution < -0.4 is 5.32 Å². The Morgan fingerprint density at radius 3 is 2.60 bits per heavy atom. The van der Waals surface area contributed by atoms with E-state index >= 15 is 0 Å². The van der Waals surface area contributed by atoms with Crippen LogP contribution in [0.25, 0.3) is 0 Å². The van der Waals surface area contributed by atoms with E-state index in [1.165, 1.54) is 6.92 Å². The molecule has 1 rings (SSSR count). The molecule has 15 heavy (non-hydrogen) atoms. The van der Waals surface area contributed by atoms with Crippen molar-refractivity contribution in [2.24, 2.45) is 0 Å². The lowest BCUT2D eigenvalue weighted by Crippen LogP contribution is -2.62. The lowest BCUT2D eigenvalue weighted by molar-refractivity contribution is -0.240. The van der Waals surface area contributed by atoms with Crippen molar-refractivity contribution in [3.63, 3.8) is 0 Å². The van der Waals surface area contributed by atoms with Gasteiger partial charge in [-0.15, -0.1) is 0 Å². The molecule has 4 N–H and O–H groups in total. The van der Waals surface area contributed by atoms with E-state index in [9.17, 15) is 19.4 Å². The lowest BCUT2D eigenvalue weighted by Gasteiger charge is -2.38. The molecule has 0 spiro atoms. The highest BCUT2D eigenvalue weighted by atomic mass is 19.1. The standard InChI is InChI=1S/C8H14FNO5/c1-3(12)10-6-7(13)5(9)4(2-11)15-8(6)14/h4-8,11,13-14H,2H2,1H3,(H,10,12)/t4?,5-,6?,7-,8?/m0/s1. The predicted octanol–water partition coefficient (Wildman–Crippen LogP) is -2.10. The molecule has 0 aliphatic carbocycles. The molecule has 1 heterocycles. The van der Waals surface area contributed by atoms with Crippen molar-refractivity contribution in [3.8, 4) is 0 Å². The molecule has 1 aliphatic rings. The minimum atomic E-state index is -1.85. The summed E-state index contributed by atoms with van der Waals surface area (Å²) < 4.78 is 18.0. The zero-order valence-electron chi connectivity index (χ0n) is 8.13. The number of aliphatic hydroxyl groups excluding tert-OH is 3. The van der Waals surface area contributed by atoms with Crippen molar-refractivity contribution >= 4 is 5.91 Å². The Balaban J connectivity index is 2.70. The molecule has 3 unspecified atom stereocenters. The monoisotopic (exact) mass is 223 g/mol. The van der Waals surface area contributed by atoms with Gasteiger partial charge in [-0.1, -0.05) is 0 Å². The van der Waals surface area contributed by atoms with Gasteiger partial charge in [0.05, 0.1) is 6.61 Å². The molecule has 0 aromatic carbocycles. The number of alkyl halides is 1. The second kappa shape index (κ2) is 4.84. The molecular weight excluding hydrogens is 209 g/mol. The first-order valence-electron chi connectivity index (χ1n) is 4.51. The maximum absolute atomic E-state index is 13.3. The van der Waals surface area contributed by atoms with Gasteiger partial charge < -0.3 is 25.4 Å². The van der Waals surface area contributed by atoms with E-state index in [4.69, 9.17) is 5.11 Å². The fourth-order valence-electron chi connectivity index (χ4n) is 1.46. The third kappa shape index (κ3) is 2.63. The van der Waals surface area contributed by atoms with E-state index < -0.39 is 43.2 Å². The molecule has 0 aromatic rings. The molecule has 6 nitrogen and oxygen atoms in total. The van der Waals surface area contributed by atoms with E-state index in [1.54, 1.807) is 0 Å². The van der Waals surface area contributed by atoms with Crippen molar-refractivity contribution in [2.75, 3.05) is 6.61 Å². The number of carbonyl (C=O) groups is 1. The van der Waals surface area contributed by atoms with Gasteiger partial charge in [0.15, 0.2) is 12.5 Å². The van der Waals surface area contributed by atoms with Gasteiger partial charge in [-0.05, 0) is 0 Å². The van der Waals surface area contributed by atoms with Crippen LogP contribution in [-0.2, 0) is 9.53 Å². The topological polar surface area (TPSA) is 99.0 Å². The van der Waals surface area contributed by atoms with E-state index in [2.05, 4.69) is 10.1 Å². The second-order valence-corrected chi connectivity index (χ2v) is 3.41. The highest BCUT2D eigenvalue weighted by Crippen LogP contribution is 2.22. The minimum absolute atomic E-state index is 0.517. The summed E-state index contributed by atoms with van der Waals surface area (Å²) in [6, 6.07) is -1.22. The Kier molecular flexibility index (Phi) is 3.97. The number of nitrogens with one attached hydrogen (secondary N) is 1. The summed E-state index contributed by atoms with van der Waals surface area (Å²) in [4.78, 5) is 10.7. The summed E-state index contributed by atoms with van der Waals surface area (Å²) in [7, 11) is 0. The number of ether oxygens (including phenoxy) is 1. The number of aliphatic hydroxyl groups is 3. The minimum Gasteiger partial charge on any atom is -0.394 e. The van der Waals surface area contributed by atoms with Crippen molar-refractivity contribution in [1.82, 2.24) is 5.32 Å². The van der Waals surface area contributed by atoms with Crippen molar-refractivity contribution in [1.29, 1.82) is 0 Å². The van der Waals surface area contributed by atoms with E-state index in [0.29, 0.717) is 0 Å². The van der Waals surface area contributed by atoms with Crippen LogP contribution in [0.5, 0.6) is 0 Å². The maximum atomic E-state index is 13.3. The van der Waals surface area contributed by atoms with Crippen LogP contribution in [-0.4, -0.2) is 58.5 Å². The number of hydrogen-bond donors (Lipinski definition) is 4. The molecular formula is C8H14FNO5. The van der Waals surface area contributed by atoms with Crippen molar-refractivity contribution in [2.45, 2.75) is 37.6 Å². The Labute approximate surface area is 85.7 Å². The number of hydrogen-bond acceptors (Lipinski definition) is 5. The van der Waals surface area contributed by atoms with Crippen molar-refractivity contribution in [3.05, 3.63) is 0 Å². The Bertz CT molecular complexity index is 239. The van der Waals surface area contributed by atoms with E-state index in [1.807, 2.05) is 0 Å². The summed E-state index contributed by atoms with van der Waals surface area (Å²) in [5, 5.41) is 29.6.